The van der Waals surface area contributed by atoms with Gasteiger partial charge >= 0.3 is 0 Å². The Labute approximate surface area is 105 Å². The molecule has 0 atom stereocenters. The lowest BCUT2D eigenvalue weighted by atomic mass is 10.2. The first-order chi connectivity index (χ1) is 8.15. The number of allylic oxidation sites excluding steroid dienone is 1. The largest absolute Gasteiger partial charge is 0.377 e. The SMILES string of the molecule is C=CCCCOCc1ccc(Cl)c([N+](=O)[O-])c1. The van der Waals surface area contributed by atoms with E-state index in [2.05, 4.69) is 6.58 Å². The highest BCUT2D eigenvalue weighted by Gasteiger charge is 2.12. The predicted octanol–water partition coefficient (Wildman–Crippen LogP) is 3.73. The summed E-state index contributed by atoms with van der Waals surface area (Å²) in [5, 5.41) is 10.8. The molecule has 0 aromatic heterocycles. The molecule has 1 rings (SSSR count). The maximum atomic E-state index is 10.7. The summed E-state index contributed by atoms with van der Waals surface area (Å²) in [4.78, 5) is 10.2. The van der Waals surface area contributed by atoms with Crippen molar-refractivity contribution in [3.05, 3.63) is 51.6 Å². The third-order valence-corrected chi connectivity index (χ3v) is 2.49. The second-order valence-corrected chi connectivity index (χ2v) is 3.93. The zero-order valence-electron chi connectivity index (χ0n) is 9.39. The standard InChI is InChI=1S/C12H14ClNO3/c1-2-3-4-7-17-9-10-5-6-11(13)12(8-10)14(15)16/h2,5-6,8H,1,3-4,7,9H2. The van der Waals surface area contributed by atoms with Crippen molar-refractivity contribution in [1.82, 2.24) is 0 Å². The topological polar surface area (TPSA) is 52.4 Å². The highest BCUT2D eigenvalue weighted by molar-refractivity contribution is 6.32. The van der Waals surface area contributed by atoms with Gasteiger partial charge in [0.1, 0.15) is 5.02 Å². The van der Waals surface area contributed by atoms with E-state index >= 15 is 0 Å². The average Bonchev–Trinajstić information content (AvgIpc) is 2.30. The van der Waals surface area contributed by atoms with Gasteiger partial charge in [-0.3, -0.25) is 10.1 Å². The number of rotatable bonds is 7. The van der Waals surface area contributed by atoms with Crippen LogP contribution in [0.3, 0.4) is 0 Å². The van der Waals surface area contributed by atoms with Crippen molar-refractivity contribution >= 4 is 17.3 Å². The summed E-state index contributed by atoms with van der Waals surface area (Å²) in [7, 11) is 0. The van der Waals surface area contributed by atoms with Gasteiger partial charge in [0, 0.05) is 12.7 Å². The molecule has 0 N–H and O–H groups in total. The molecule has 0 fully saturated rings. The number of benzene rings is 1. The van der Waals surface area contributed by atoms with Gasteiger partial charge in [-0.2, -0.15) is 0 Å². The van der Waals surface area contributed by atoms with Crippen molar-refractivity contribution in [2.75, 3.05) is 6.61 Å². The predicted molar refractivity (Wildman–Crippen MR) is 67.2 cm³/mol. The number of unbranched alkanes of at least 4 members (excludes halogenated alkanes) is 1. The van der Waals surface area contributed by atoms with Crippen LogP contribution >= 0.6 is 11.6 Å². The van der Waals surface area contributed by atoms with E-state index in [1.54, 1.807) is 6.07 Å². The molecule has 0 aliphatic carbocycles. The van der Waals surface area contributed by atoms with Crippen molar-refractivity contribution in [3.8, 4) is 0 Å². The molecule has 0 bridgehead atoms. The molecule has 0 radical (unpaired) electrons. The van der Waals surface area contributed by atoms with Crippen LogP contribution in [0.15, 0.2) is 30.9 Å². The Kier molecular flexibility index (Phi) is 5.66. The lowest BCUT2D eigenvalue weighted by Crippen LogP contribution is -1.97. The first-order valence-corrected chi connectivity index (χ1v) is 5.64. The minimum Gasteiger partial charge on any atom is -0.377 e. The summed E-state index contributed by atoms with van der Waals surface area (Å²) in [6.45, 7) is 4.58. The van der Waals surface area contributed by atoms with Gasteiger partial charge in [-0.25, -0.2) is 0 Å². The van der Waals surface area contributed by atoms with Crippen molar-refractivity contribution < 1.29 is 9.66 Å². The molecule has 0 heterocycles. The van der Waals surface area contributed by atoms with E-state index in [4.69, 9.17) is 16.3 Å². The van der Waals surface area contributed by atoms with Crippen LogP contribution in [0.5, 0.6) is 0 Å². The van der Waals surface area contributed by atoms with Crippen LogP contribution in [0.2, 0.25) is 5.02 Å². The number of halogens is 1. The quantitative estimate of drug-likeness (QED) is 0.323. The van der Waals surface area contributed by atoms with E-state index in [1.807, 2.05) is 6.08 Å². The van der Waals surface area contributed by atoms with Crippen molar-refractivity contribution in [1.29, 1.82) is 0 Å². The number of nitro benzene ring substituents is 1. The Hall–Kier alpha value is -1.39. The summed E-state index contributed by atoms with van der Waals surface area (Å²) >= 11 is 5.70. The zero-order chi connectivity index (χ0) is 12.7. The van der Waals surface area contributed by atoms with E-state index in [0.29, 0.717) is 13.2 Å². The van der Waals surface area contributed by atoms with Gasteiger partial charge < -0.3 is 4.74 Å². The van der Waals surface area contributed by atoms with E-state index in [-0.39, 0.29) is 10.7 Å². The molecule has 1 aromatic carbocycles. The van der Waals surface area contributed by atoms with Gasteiger partial charge in [0.05, 0.1) is 11.5 Å². The third kappa shape index (κ3) is 4.54. The van der Waals surface area contributed by atoms with Gasteiger partial charge in [0.25, 0.3) is 5.69 Å². The van der Waals surface area contributed by atoms with Crippen molar-refractivity contribution in [2.24, 2.45) is 0 Å². The summed E-state index contributed by atoms with van der Waals surface area (Å²) in [5.41, 5.74) is 0.665. The third-order valence-electron chi connectivity index (χ3n) is 2.17. The highest BCUT2D eigenvalue weighted by Crippen LogP contribution is 2.25. The maximum Gasteiger partial charge on any atom is 0.288 e. The Morgan fingerprint density at radius 3 is 2.94 bits per heavy atom. The molecule has 0 unspecified atom stereocenters. The number of hydrogen-bond donors (Lipinski definition) is 0. The molecule has 0 amide bonds. The van der Waals surface area contributed by atoms with Crippen LogP contribution in [0.25, 0.3) is 0 Å². The van der Waals surface area contributed by atoms with Crippen LogP contribution in [-0.4, -0.2) is 11.5 Å². The number of ether oxygens (including phenoxy) is 1. The smallest absolute Gasteiger partial charge is 0.288 e. The van der Waals surface area contributed by atoms with E-state index < -0.39 is 4.92 Å². The van der Waals surface area contributed by atoms with Gasteiger partial charge in [0.2, 0.25) is 0 Å². The van der Waals surface area contributed by atoms with Gasteiger partial charge in [0.15, 0.2) is 0 Å². The molecule has 1 aromatic rings. The minimum atomic E-state index is -0.496. The molecular weight excluding hydrogens is 242 g/mol. The summed E-state index contributed by atoms with van der Waals surface area (Å²) < 4.78 is 5.38. The first-order valence-electron chi connectivity index (χ1n) is 5.26. The summed E-state index contributed by atoms with van der Waals surface area (Å²) in [6, 6.07) is 4.68. The second kappa shape index (κ2) is 7.04. The molecule has 0 aliphatic rings. The Morgan fingerprint density at radius 1 is 1.53 bits per heavy atom. The monoisotopic (exact) mass is 255 g/mol. The lowest BCUT2D eigenvalue weighted by Gasteiger charge is -2.04. The molecule has 92 valence electrons. The molecule has 0 spiro atoms. The van der Waals surface area contributed by atoms with Gasteiger partial charge in [-0.15, -0.1) is 6.58 Å². The van der Waals surface area contributed by atoms with E-state index in [0.717, 1.165) is 18.4 Å². The number of hydrogen-bond acceptors (Lipinski definition) is 3. The van der Waals surface area contributed by atoms with Gasteiger partial charge in [-0.05, 0) is 24.5 Å². The molecule has 0 saturated carbocycles. The highest BCUT2D eigenvalue weighted by atomic mass is 35.5. The van der Waals surface area contributed by atoms with E-state index in [1.165, 1.54) is 12.1 Å². The molecular formula is C12H14ClNO3. The minimum absolute atomic E-state index is 0.0844. The molecule has 5 heteroatoms. The number of nitro groups is 1. The molecule has 4 nitrogen and oxygen atoms in total. The fourth-order valence-corrected chi connectivity index (χ4v) is 1.49. The average molecular weight is 256 g/mol. The number of nitrogens with zero attached hydrogens (tertiary/aromatic N) is 1. The maximum absolute atomic E-state index is 10.7. The first kappa shape index (κ1) is 13.7. The van der Waals surface area contributed by atoms with Gasteiger partial charge in [-0.1, -0.05) is 23.7 Å². The normalized spacial score (nSPS) is 10.2. The zero-order valence-corrected chi connectivity index (χ0v) is 10.2. The molecule has 0 aliphatic heterocycles. The Balaban J connectivity index is 2.51. The van der Waals surface area contributed by atoms with Crippen LogP contribution in [-0.2, 0) is 11.3 Å². The van der Waals surface area contributed by atoms with Crippen molar-refractivity contribution in [2.45, 2.75) is 19.4 Å². The second-order valence-electron chi connectivity index (χ2n) is 3.53. The Bertz CT molecular complexity index is 407. The van der Waals surface area contributed by atoms with Crippen LogP contribution < -0.4 is 0 Å². The molecule has 17 heavy (non-hydrogen) atoms. The Morgan fingerprint density at radius 2 is 2.29 bits per heavy atom. The van der Waals surface area contributed by atoms with Crippen LogP contribution in [0.1, 0.15) is 18.4 Å². The summed E-state index contributed by atoms with van der Waals surface area (Å²) in [5.74, 6) is 0. The van der Waals surface area contributed by atoms with Crippen molar-refractivity contribution in [3.63, 3.8) is 0 Å². The lowest BCUT2D eigenvalue weighted by molar-refractivity contribution is -0.384. The van der Waals surface area contributed by atoms with E-state index in [9.17, 15) is 10.1 Å². The van der Waals surface area contributed by atoms with Crippen LogP contribution in [0, 0.1) is 10.1 Å². The van der Waals surface area contributed by atoms with Crippen LogP contribution in [0.4, 0.5) is 5.69 Å². The fraction of sp³-hybridized carbons (Fsp3) is 0.333. The summed E-state index contributed by atoms with van der Waals surface area (Å²) in [6.07, 6.45) is 3.64. The molecule has 0 saturated heterocycles. The fourth-order valence-electron chi connectivity index (χ4n) is 1.31.